The van der Waals surface area contributed by atoms with Gasteiger partial charge in [0.15, 0.2) is 0 Å². The third-order valence-corrected chi connectivity index (χ3v) is 4.54. The molecule has 1 heterocycles. The Morgan fingerprint density at radius 3 is 2.65 bits per heavy atom. The minimum atomic E-state index is -0.320. The summed E-state index contributed by atoms with van der Waals surface area (Å²) in [6.07, 6.45) is 2.65. The van der Waals surface area contributed by atoms with Crippen molar-refractivity contribution in [2.75, 3.05) is 26.7 Å². The third-order valence-electron chi connectivity index (χ3n) is 4.54. The molecule has 1 aliphatic rings. The van der Waals surface area contributed by atoms with Gasteiger partial charge < -0.3 is 15.0 Å². The molecule has 122 valence electrons. The lowest BCUT2D eigenvalue weighted by Crippen LogP contribution is -2.39. The van der Waals surface area contributed by atoms with Gasteiger partial charge in [-0.15, -0.1) is 0 Å². The van der Waals surface area contributed by atoms with Crippen molar-refractivity contribution in [1.82, 2.24) is 10.2 Å². The van der Waals surface area contributed by atoms with Gasteiger partial charge in [-0.3, -0.25) is 0 Å². The average molecular weight is 312 g/mol. The summed E-state index contributed by atoms with van der Waals surface area (Å²) in [5.74, 6) is 0. The van der Waals surface area contributed by atoms with Crippen LogP contribution in [0.2, 0.25) is 0 Å². The van der Waals surface area contributed by atoms with E-state index >= 15 is 0 Å². The van der Waals surface area contributed by atoms with E-state index in [2.05, 4.69) is 52.7 Å². The smallest absolute Gasteiger partial charge is 0.407 e. The van der Waals surface area contributed by atoms with Crippen LogP contribution in [0.25, 0.3) is 10.8 Å². The van der Waals surface area contributed by atoms with E-state index in [1.54, 1.807) is 7.05 Å². The molecule has 0 saturated carbocycles. The lowest BCUT2D eigenvalue weighted by Gasteiger charge is -2.31. The average Bonchev–Trinajstić information content (AvgIpc) is 2.61. The highest BCUT2D eigenvalue weighted by molar-refractivity contribution is 5.82. The van der Waals surface area contributed by atoms with E-state index in [1.165, 1.54) is 16.3 Å². The van der Waals surface area contributed by atoms with Crippen LogP contribution < -0.4 is 5.32 Å². The molecule has 0 spiro atoms. The summed E-state index contributed by atoms with van der Waals surface area (Å²) in [6.45, 7) is 3.05. The lowest BCUT2D eigenvalue weighted by molar-refractivity contribution is 0.0522. The number of fused-ring (bicyclic) bond motifs is 1. The quantitative estimate of drug-likeness (QED) is 0.942. The Hall–Kier alpha value is -2.07. The topological polar surface area (TPSA) is 41.6 Å². The zero-order valence-corrected chi connectivity index (χ0v) is 13.6. The van der Waals surface area contributed by atoms with E-state index < -0.39 is 0 Å². The largest absolute Gasteiger partial charge is 0.446 e. The van der Waals surface area contributed by atoms with E-state index in [9.17, 15) is 4.79 Å². The maximum atomic E-state index is 11.2. The van der Waals surface area contributed by atoms with Crippen molar-refractivity contribution < 1.29 is 9.53 Å². The first-order valence-corrected chi connectivity index (χ1v) is 8.33. The molecular formula is C19H24N2O2. The monoisotopic (exact) mass is 312 g/mol. The summed E-state index contributed by atoms with van der Waals surface area (Å²) in [5.41, 5.74) is 1.38. The van der Waals surface area contributed by atoms with E-state index in [-0.39, 0.29) is 12.2 Å². The first-order chi connectivity index (χ1) is 11.2. The minimum Gasteiger partial charge on any atom is -0.446 e. The molecule has 0 atom stereocenters. The molecule has 0 aromatic heterocycles. The highest BCUT2D eigenvalue weighted by Crippen LogP contribution is 2.18. The molecule has 0 aliphatic carbocycles. The van der Waals surface area contributed by atoms with Crippen molar-refractivity contribution in [3.05, 3.63) is 48.0 Å². The molecule has 23 heavy (non-hydrogen) atoms. The van der Waals surface area contributed by atoms with Crippen LogP contribution in [-0.4, -0.2) is 43.8 Å². The third kappa shape index (κ3) is 4.23. The standard InChI is InChI=1S/C19H24N2O2/c1-20-19(22)23-18-9-12-21(13-10-18)11-8-15-6-7-16-4-2-3-5-17(16)14-15/h2-7,14,18H,8-13H2,1H3,(H,20,22). The minimum absolute atomic E-state index is 0.0619. The van der Waals surface area contributed by atoms with Crippen molar-refractivity contribution in [1.29, 1.82) is 0 Å². The number of hydrogen-bond donors (Lipinski definition) is 1. The number of amides is 1. The fourth-order valence-corrected chi connectivity index (χ4v) is 3.14. The van der Waals surface area contributed by atoms with Crippen LogP contribution in [0.4, 0.5) is 4.79 Å². The van der Waals surface area contributed by atoms with E-state index in [4.69, 9.17) is 4.74 Å². The van der Waals surface area contributed by atoms with Gasteiger partial charge in [-0.25, -0.2) is 4.79 Å². The Morgan fingerprint density at radius 1 is 1.17 bits per heavy atom. The van der Waals surface area contributed by atoms with Crippen LogP contribution in [0, 0.1) is 0 Å². The van der Waals surface area contributed by atoms with Crippen LogP contribution in [0.1, 0.15) is 18.4 Å². The molecule has 1 amide bonds. The highest BCUT2D eigenvalue weighted by atomic mass is 16.6. The second-order valence-corrected chi connectivity index (χ2v) is 6.13. The maximum Gasteiger partial charge on any atom is 0.407 e. The van der Waals surface area contributed by atoms with Crippen molar-refractivity contribution in [3.63, 3.8) is 0 Å². The molecule has 4 nitrogen and oxygen atoms in total. The zero-order valence-electron chi connectivity index (χ0n) is 13.6. The van der Waals surface area contributed by atoms with Crippen LogP contribution in [0.15, 0.2) is 42.5 Å². The second-order valence-electron chi connectivity index (χ2n) is 6.13. The Labute approximate surface area is 137 Å². The van der Waals surface area contributed by atoms with Crippen molar-refractivity contribution in [3.8, 4) is 0 Å². The first-order valence-electron chi connectivity index (χ1n) is 8.33. The maximum absolute atomic E-state index is 11.2. The molecule has 1 saturated heterocycles. The number of ether oxygens (including phenoxy) is 1. The fraction of sp³-hybridized carbons (Fsp3) is 0.421. The second kappa shape index (κ2) is 7.47. The normalized spacial score (nSPS) is 16.4. The Kier molecular flexibility index (Phi) is 5.13. The molecule has 1 N–H and O–H groups in total. The number of nitrogens with zero attached hydrogens (tertiary/aromatic N) is 1. The molecule has 4 heteroatoms. The number of rotatable bonds is 4. The van der Waals surface area contributed by atoms with E-state index in [0.717, 1.165) is 38.9 Å². The van der Waals surface area contributed by atoms with Crippen molar-refractivity contribution in [2.24, 2.45) is 0 Å². The summed E-state index contributed by atoms with van der Waals surface area (Å²) in [6, 6.07) is 15.2. The Morgan fingerprint density at radius 2 is 1.91 bits per heavy atom. The van der Waals surface area contributed by atoms with Crippen LogP contribution in [-0.2, 0) is 11.2 Å². The summed E-state index contributed by atoms with van der Waals surface area (Å²) >= 11 is 0. The molecule has 2 aromatic carbocycles. The number of benzene rings is 2. The molecular weight excluding hydrogens is 288 g/mol. The summed E-state index contributed by atoms with van der Waals surface area (Å²) < 4.78 is 5.32. The van der Waals surface area contributed by atoms with Gasteiger partial charge in [0.25, 0.3) is 0 Å². The molecule has 3 rings (SSSR count). The number of piperidine rings is 1. The summed E-state index contributed by atoms with van der Waals surface area (Å²) in [4.78, 5) is 13.7. The van der Waals surface area contributed by atoms with Crippen molar-refractivity contribution in [2.45, 2.75) is 25.4 Å². The molecule has 1 aliphatic heterocycles. The van der Waals surface area contributed by atoms with Gasteiger partial charge in [0.1, 0.15) is 6.10 Å². The molecule has 0 bridgehead atoms. The number of nitrogens with one attached hydrogen (secondary N) is 1. The number of alkyl carbamates (subject to hydrolysis) is 1. The van der Waals surface area contributed by atoms with Gasteiger partial charge in [-0.1, -0.05) is 42.5 Å². The van der Waals surface area contributed by atoms with Gasteiger partial charge in [0.05, 0.1) is 0 Å². The molecule has 0 radical (unpaired) electrons. The zero-order chi connectivity index (χ0) is 16.1. The molecule has 2 aromatic rings. The number of carbonyl (C=O) groups is 1. The van der Waals surface area contributed by atoms with Gasteiger partial charge in [-0.2, -0.15) is 0 Å². The van der Waals surface area contributed by atoms with Gasteiger partial charge in [0, 0.05) is 26.7 Å². The van der Waals surface area contributed by atoms with Gasteiger partial charge in [0.2, 0.25) is 0 Å². The number of hydrogen-bond acceptors (Lipinski definition) is 3. The van der Waals surface area contributed by atoms with Gasteiger partial charge in [-0.05, 0) is 35.6 Å². The number of carbonyl (C=O) groups excluding carboxylic acids is 1. The summed E-state index contributed by atoms with van der Waals surface area (Å²) in [7, 11) is 1.60. The highest BCUT2D eigenvalue weighted by Gasteiger charge is 2.21. The van der Waals surface area contributed by atoms with Crippen molar-refractivity contribution >= 4 is 16.9 Å². The van der Waals surface area contributed by atoms with Crippen LogP contribution in [0.3, 0.4) is 0 Å². The predicted molar refractivity (Wildman–Crippen MR) is 92.7 cm³/mol. The molecule has 0 unspecified atom stereocenters. The summed E-state index contributed by atoms with van der Waals surface area (Å²) in [5, 5.41) is 5.11. The van der Waals surface area contributed by atoms with Gasteiger partial charge >= 0.3 is 6.09 Å². The fourth-order valence-electron chi connectivity index (χ4n) is 3.14. The molecule has 1 fully saturated rings. The first kappa shape index (κ1) is 15.8. The van der Waals surface area contributed by atoms with E-state index in [1.807, 2.05) is 0 Å². The Bertz CT molecular complexity index is 663. The predicted octanol–water partition coefficient (Wildman–Crippen LogP) is 3.20. The Balaban J connectivity index is 1.48. The number of likely N-dealkylation sites (tertiary alicyclic amines) is 1. The van der Waals surface area contributed by atoms with Crippen LogP contribution >= 0.6 is 0 Å². The van der Waals surface area contributed by atoms with Crippen LogP contribution in [0.5, 0.6) is 0 Å². The van der Waals surface area contributed by atoms with E-state index in [0.29, 0.717) is 0 Å². The lowest BCUT2D eigenvalue weighted by atomic mass is 10.0. The SMILES string of the molecule is CNC(=O)OC1CCN(CCc2ccc3ccccc3c2)CC1.